The zero-order valence-corrected chi connectivity index (χ0v) is 15.1. The van der Waals surface area contributed by atoms with Crippen LogP contribution >= 0.6 is 7.26 Å². The van der Waals surface area contributed by atoms with E-state index in [1.54, 1.807) is 0 Å². The summed E-state index contributed by atoms with van der Waals surface area (Å²) in [7, 11) is -2.17. The van der Waals surface area contributed by atoms with Gasteiger partial charge in [-0.25, -0.2) is 0 Å². The summed E-state index contributed by atoms with van der Waals surface area (Å²) >= 11 is 0. The SMILES string of the molecule is C[C@H](CO)C[PH](c1ccccc1)(c1ccccc1)c1ccccc1. The Kier molecular flexibility index (Phi) is 5.45. The first-order valence-electron chi connectivity index (χ1n) is 8.55. The standard InChI is InChI=1S/C22H25OP/c1-19(17-23)18-24(20-11-5-2-6-12-20,21-13-7-3-8-14-21)22-15-9-4-10-16-22/h2-16,19,23-24H,17-18H2,1H3/t19-/m1/s1. The second kappa shape index (κ2) is 7.75. The molecule has 2 heteroatoms. The van der Waals surface area contributed by atoms with Crippen molar-refractivity contribution in [1.29, 1.82) is 0 Å². The van der Waals surface area contributed by atoms with E-state index in [0.717, 1.165) is 6.16 Å². The van der Waals surface area contributed by atoms with E-state index in [9.17, 15) is 5.11 Å². The number of benzene rings is 3. The van der Waals surface area contributed by atoms with Crippen LogP contribution in [0.3, 0.4) is 0 Å². The summed E-state index contributed by atoms with van der Waals surface area (Å²) in [5.74, 6) is 0.261. The summed E-state index contributed by atoms with van der Waals surface area (Å²) in [5.41, 5.74) is 0. The fraction of sp³-hybridized carbons (Fsp3) is 0.182. The van der Waals surface area contributed by atoms with Crippen LogP contribution in [0.1, 0.15) is 6.92 Å². The van der Waals surface area contributed by atoms with Gasteiger partial charge in [-0.05, 0) is 0 Å². The zero-order chi connectivity index (χ0) is 16.8. The van der Waals surface area contributed by atoms with Gasteiger partial charge in [0.2, 0.25) is 0 Å². The number of hydrogen-bond acceptors (Lipinski definition) is 1. The maximum absolute atomic E-state index is 9.76. The molecule has 24 heavy (non-hydrogen) atoms. The predicted molar refractivity (Wildman–Crippen MR) is 108 cm³/mol. The third-order valence-electron chi connectivity index (χ3n) is 4.77. The van der Waals surface area contributed by atoms with Gasteiger partial charge in [-0.1, -0.05) is 0 Å². The average molecular weight is 336 g/mol. The summed E-state index contributed by atoms with van der Waals surface area (Å²) in [6, 6.07) is 32.6. The van der Waals surface area contributed by atoms with Crippen LogP contribution in [0.5, 0.6) is 0 Å². The van der Waals surface area contributed by atoms with Gasteiger partial charge < -0.3 is 0 Å². The van der Waals surface area contributed by atoms with Gasteiger partial charge in [0, 0.05) is 0 Å². The van der Waals surface area contributed by atoms with E-state index in [0.29, 0.717) is 0 Å². The van der Waals surface area contributed by atoms with Gasteiger partial charge in [0.1, 0.15) is 0 Å². The van der Waals surface area contributed by atoms with Crippen molar-refractivity contribution in [3.8, 4) is 0 Å². The van der Waals surface area contributed by atoms with Crippen molar-refractivity contribution in [3.63, 3.8) is 0 Å². The van der Waals surface area contributed by atoms with Crippen molar-refractivity contribution in [2.24, 2.45) is 5.92 Å². The van der Waals surface area contributed by atoms with Crippen molar-refractivity contribution >= 4 is 23.2 Å². The van der Waals surface area contributed by atoms with Crippen LogP contribution in [0.4, 0.5) is 0 Å². The van der Waals surface area contributed by atoms with Gasteiger partial charge in [-0.2, -0.15) is 0 Å². The average Bonchev–Trinajstić information content (AvgIpc) is 2.68. The zero-order valence-electron chi connectivity index (χ0n) is 14.1. The molecular formula is C22H25OP. The van der Waals surface area contributed by atoms with Crippen LogP contribution in [0.25, 0.3) is 0 Å². The van der Waals surface area contributed by atoms with E-state index in [1.807, 2.05) is 0 Å². The molecule has 0 saturated carbocycles. The van der Waals surface area contributed by atoms with Crippen molar-refractivity contribution in [2.75, 3.05) is 12.8 Å². The Balaban J connectivity index is 2.28. The molecule has 0 aliphatic rings. The molecule has 1 nitrogen and oxygen atoms in total. The fourth-order valence-corrected chi connectivity index (χ4v) is 8.77. The molecule has 124 valence electrons. The normalized spacial score (nSPS) is 13.4. The van der Waals surface area contributed by atoms with E-state index in [4.69, 9.17) is 0 Å². The number of aliphatic hydroxyl groups excluding tert-OH is 1. The Labute approximate surface area is 145 Å². The van der Waals surface area contributed by atoms with E-state index in [1.165, 1.54) is 15.9 Å². The monoisotopic (exact) mass is 336 g/mol. The minimum atomic E-state index is -2.17. The molecule has 0 aliphatic carbocycles. The molecule has 0 saturated heterocycles. The van der Waals surface area contributed by atoms with Gasteiger partial charge >= 0.3 is 145 Å². The third-order valence-corrected chi connectivity index (χ3v) is 10.0. The molecule has 0 spiro atoms. The van der Waals surface area contributed by atoms with E-state index in [-0.39, 0.29) is 12.5 Å². The Morgan fingerprint density at radius 1 is 0.667 bits per heavy atom. The van der Waals surface area contributed by atoms with Crippen LogP contribution < -0.4 is 15.9 Å². The van der Waals surface area contributed by atoms with Crippen LogP contribution in [0, 0.1) is 5.92 Å². The van der Waals surface area contributed by atoms with Crippen molar-refractivity contribution in [3.05, 3.63) is 91.0 Å². The maximum atomic E-state index is 9.76. The molecule has 1 N–H and O–H groups in total. The first-order valence-corrected chi connectivity index (χ1v) is 10.8. The van der Waals surface area contributed by atoms with Crippen LogP contribution in [0.2, 0.25) is 0 Å². The molecule has 0 aliphatic heterocycles. The molecular weight excluding hydrogens is 311 g/mol. The number of rotatable bonds is 6. The topological polar surface area (TPSA) is 20.2 Å². The number of aliphatic hydroxyl groups is 1. The molecule has 0 heterocycles. The minimum absolute atomic E-state index is 0.223. The Morgan fingerprint density at radius 3 is 1.29 bits per heavy atom. The molecule has 0 aromatic heterocycles. The van der Waals surface area contributed by atoms with Gasteiger partial charge in [0.15, 0.2) is 0 Å². The van der Waals surface area contributed by atoms with Gasteiger partial charge in [0.05, 0.1) is 0 Å². The van der Waals surface area contributed by atoms with Crippen LogP contribution in [-0.2, 0) is 0 Å². The van der Waals surface area contributed by atoms with E-state index in [2.05, 4.69) is 97.9 Å². The summed E-state index contributed by atoms with van der Waals surface area (Å²) < 4.78 is 0. The second-order valence-corrected chi connectivity index (χ2v) is 10.4. The molecule has 3 aromatic carbocycles. The van der Waals surface area contributed by atoms with Gasteiger partial charge in [-0.15, -0.1) is 0 Å². The molecule has 3 rings (SSSR count). The second-order valence-electron chi connectivity index (χ2n) is 6.50. The quantitative estimate of drug-likeness (QED) is 0.685. The van der Waals surface area contributed by atoms with Gasteiger partial charge in [0.25, 0.3) is 0 Å². The molecule has 0 bridgehead atoms. The van der Waals surface area contributed by atoms with Crippen molar-refractivity contribution in [2.45, 2.75) is 6.92 Å². The molecule has 0 fully saturated rings. The summed E-state index contributed by atoms with van der Waals surface area (Å²) in [6.45, 7) is 2.37. The first-order chi connectivity index (χ1) is 11.8. The summed E-state index contributed by atoms with van der Waals surface area (Å²) in [4.78, 5) is 0. The van der Waals surface area contributed by atoms with Crippen molar-refractivity contribution < 1.29 is 5.11 Å². The predicted octanol–water partition coefficient (Wildman–Crippen LogP) is 3.34. The molecule has 0 amide bonds. The number of hydrogen-bond donors (Lipinski definition) is 1. The molecule has 3 aromatic rings. The van der Waals surface area contributed by atoms with Crippen LogP contribution in [-0.4, -0.2) is 17.9 Å². The van der Waals surface area contributed by atoms with Crippen LogP contribution in [0.15, 0.2) is 91.0 Å². The Morgan fingerprint density at radius 2 is 1.00 bits per heavy atom. The Bertz CT molecular complexity index is 644. The first kappa shape index (κ1) is 16.9. The Hall–Kier alpha value is -1.95. The van der Waals surface area contributed by atoms with Gasteiger partial charge in [-0.3, -0.25) is 0 Å². The molecule has 0 radical (unpaired) electrons. The molecule has 1 atom stereocenters. The van der Waals surface area contributed by atoms with Crippen molar-refractivity contribution in [1.82, 2.24) is 0 Å². The molecule has 0 unspecified atom stereocenters. The van der Waals surface area contributed by atoms with E-state index < -0.39 is 7.26 Å². The summed E-state index contributed by atoms with van der Waals surface area (Å²) in [6.07, 6.45) is 1.00. The van der Waals surface area contributed by atoms with E-state index >= 15 is 0 Å². The summed E-state index contributed by atoms with van der Waals surface area (Å²) in [5, 5.41) is 14.0. The fourth-order valence-electron chi connectivity index (χ4n) is 3.61. The third kappa shape index (κ3) is 3.29.